The normalized spacial score (nSPS) is 10.6. The van der Waals surface area contributed by atoms with E-state index in [0.29, 0.717) is 33.3 Å². The van der Waals surface area contributed by atoms with E-state index in [-0.39, 0.29) is 5.75 Å². The first-order valence-electron chi connectivity index (χ1n) is 7.99. The molecule has 7 heteroatoms. The van der Waals surface area contributed by atoms with E-state index in [4.69, 9.17) is 33.0 Å². The molecule has 0 fully saturated rings. The van der Waals surface area contributed by atoms with Crippen LogP contribution in [0.4, 0.5) is 0 Å². The second kappa shape index (κ2) is 8.29. The monoisotopic (exact) mass is 403 g/mol. The molecule has 0 aliphatic carbocycles. The van der Waals surface area contributed by atoms with Crippen LogP contribution in [-0.2, 0) is 11.2 Å². The molecule has 0 aliphatic heterocycles. The molecular weight excluding hydrogens is 389 g/mol. The van der Waals surface area contributed by atoms with Gasteiger partial charge in [-0.15, -0.1) is 0 Å². The Balaban J connectivity index is 1.88. The zero-order valence-electron chi connectivity index (χ0n) is 14.0. The predicted octanol–water partition coefficient (Wildman–Crippen LogP) is 4.82. The molecule has 3 aromatic rings. The van der Waals surface area contributed by atoms with E-state index in [2.05, 4.69) is 4.98 Å². The zero-order valence-corrected chi connectivity index (χ0v) is 15.5. The Morgan fingerprint density at radius 2 is 1.70 bits per heavy atom. The van der Waals surface area contributed by atoms with E-state index >= 15 is 0 Å². The average Bonchev–Trinajstić information content (AvgIpc) is 2.65. The van der Waals surface area contributed by atoms with Crippen molar-refractivity contribution in [3.05, 3.63) is 76.0 Å². The number of nitrogens with zero attached hydrogens (tertiary/aromatic N) is 1. The van der Waals surface area contributed by atoms with Gasteiger partial charge in [-0.3, -0.25) is 4.98 Å². The minimum Gasteiger partial charge on any atom is -0.507 e. The number of phenolic OH excluding ortho intramolecular Hbond substituents is 1. The lowest BCUT2D eigenvalue weighted by Gasteiger charge is -2.12. The van der Waals surface area contributed by atoms with Crippen LogP contribution in [0.25, 0.3) is 11.1 Å². The van der Waals surface area contributed by atoms with Crippen LogP contribution >= 0.6 is 23.2 Å². The van der Waals surface area contributed by atoms with Gasteiger partial charge in [0.1, 0.15) is 11.5 Å². The van der Waals surface area contributed by atoms with Gasteiger partial charge in [-0.2, -0.15) is 0 Å². The maximum atomic E-state index is 10.6. The highest BCUT2D eigenvalue weighted by molar-refractivity contribution is 6.36. The highest BCUT2D eigenvalue weighted by atomic mass is 35.5. The van der Waals surface area contributed by atoms with Crippen molar-refractivity contribution >= 4 is 29.2 Å². The number of carbonyl (C=O) groups is 1. The van der Waals surface area contributed by atoms with Gasteiger partial charge < -0.3 is 14.9 Å². The molecule has 0 atom stereocenters. The van der Waals surface area contributed by atoms with E-state index < -0.39 is 12.6 Å². The molecule has 2 N–H and O–H groups in total. The van der Waals surface area contributed by atoms with Gasteiger partial charge in [-0.1, -0.05) is 29.3 Å². The van der Waals surface area contributed by atoms with Crippen molar-refractivity contribution in [1.82, 2.24) is 4.98 Å². The quantitative estimate of drug-likeness (QED) is 0.616. The molecule has 1 aromatic heterocycles. The number of hydrogen-bond donors (Lipinski definition) is 2. The Bertz CT molecular complexity index is 954. The summed E-state index contributed by atoms with van der Waals surface area (Å²) in [5, 5.41) is 19.6. The number of halogens is 2. The molecule has 0 bridgehead atoms. The van der Waals surface area contributed by atoms with Crippen LogP contribution in [0.3, 0.4) is 0 Å². The maximum Gasteiger partial charge on any atom is 0.341 e. The number of rotatable bonds is 6. The summed E-state index contributed by atoms with van der Waals surface area (Å²) >= 11 is 12.6. The molecule has 0 saturated heterocycles. The fourth-order valence-corrected chi connectivity index (χ4v) is 3.24. The van der Waals surface area contributed by atoms with Crippen LogP contribution < -0.4 is 4.74 Å². The van der Waals surface area contributed by atoms with Crippen molar-refractivity contribution in [1.29, 1.82) is 0 Å². The average molecular weight is 404 g/mol. The predicted molar refractivity (Wildman–Crippen MR) is 104 cm³/mol. The lowest BCUT2D eigenvalue weighted by atomic mass is 9.98. The molecule has 3 rings (SSSR count). The molecule has 5 nitrogen and oxygen atoms in total. The molecule has 0 unspecified atom stereocenters. The summed E-state index contributed by atoms with van der Waals surface area (Å²) in [6, 6.07) is 12.0. The maximum absolute atomic E-state index is 10.6. The number of aromatic hydroxyl groups is 1. The van der Waals surface area contributed by atoms with Crippen LogP contribution in [0.15, 0.2) is 54.9 Å². The van der Waals surface area contributed by atoms with Gasteiger partial charge >= 0.3 is 5.97 Å². The largest absolute Gasteiger partial charge is 0.507 e. The summed E-state index contributed by atoms with van der Waals surface area (Å²) in [5.74, 6) is -0.627. The number of benzene rings is 2. The molecule has 0 spiro atoms. The molecule has 0 aliphatic rings. The molecule has 27 heavy (non-hydrogen) atoms. The van der Waals surface area contributed by atoms with Gasteiger partial charge in [0.25, 0.3) is 0 Å². The Labute approximate surface area is 165 Å². The van der Waals surface area contributed by atoms with Crippen molar-refractivity contribution < 1.29 is 19.7 Å². The van der Waals surface area contributed by atoms with Crippen molar-refractivity contribution in [3.8, 4) is 22.6 Å². The third kappa shape index (κ3) is 4.70. The van der Waals surface area contributed by atoms with Crippen LogP contribution in [0.5, 0.6) is 11.5 Å². The van der Waals surface area contributed by atoms with Crippen molar-refractivity contribution in [3.63, 3.8) is 0 Å². The van der Waals surface area contributed by atoms with Gasteiger partial charge in [0.15, 0.2) is 6.61 Å². The summed E-state index contributed by atoms with van der Waals surface area (Å²) in [5.41, 5.74) is 3.12. The lowest BCUT2D eigenvalue weighted by molar-refractivity contribution is -0.139. The Kier molecular flexibility index (Phi) is 5.84. The number of hydrogen-bond acceptors (Lipinski definition) is 4. The molecule has 1 heterocycles. The number of pyridine rings is 1. The first-order valence-corrected chi connectivity index (χ1v) is 8.74. The first kappa shape index (κ1) is 19.0. The summed E-state index contributed by atoms with van der Waals surface area (Å²) in [7, 11) is 0. The van der Waals surface area contributed by atoms with E-state index in [9.17, 15) is 9.90 Å². The van der Waals surface area contributed by atoms with E-state index in [1.807, 2.05) is 18.2 Å². The fourth-order valence-electron chi connectivity index (χ4n) is 2.64. The minimum atomic E-state index is -1.08. The molecular formula is C20H15Cl2NO4. The number of aromatic nitrogens is 1. The zero-order chi connectivity index (χ0) is 19.4. The number of carboxylic acid groups (broad SMARTS) is 1. The summed E-state index contributed by atoms with van der Waals surface area (Å²) in [6.45, 7) is -0.473. The number of ether oxygens (including phenoxy) is 1. The smallest absolute Gasteiger partial charge is 0.341 e. The van der Waals surface area contributed by atoms with Crippen LogP contribution in [0.2, 0.25) is 10.0 Å². The minimum absolute atomic E-state index is 0.166. The highest BCUT2D eigenvalue weighted by Crippen LogP contribution is 2.34. The molecule has 0 amide bonds. The van der Waals surface area contributed by atoms with E-state index in [1.54, 1.807) is 24.5 Å². The van der Waals surface area contributed by atoms with E-state index in [1.165, 1.54) is 12.1 Å². The van der Waals surface area contributed by atoms with Gasteiger partial charge in [0, 0.05) is 34.4 Å². The molecule has 2 aromatic carbocycles. The molecule has 138 valence electrons. The Morgan fingerprint density at radius 1 is 1.04 bits per heavy atom. The summed E-state index contributed by atoms with van der Waals surface area (Å²) in [4.78, 5) is 14.6. The van der Waals surface area contributed by atoms with Crippen molar-refractivity contribution in [2.24, 2.45) is 0 Å². The lowest BCUT2D eigenvalue weighted by Crippen LogP contribution is -2.09. The van der Waals surface area contributed by atoms with Crippen LogP contribution in [0, 0.1) is 0 Å². The highest BCUT2D eigenvalue weighted by Gasteiger charge is 2.13. The molecule has 0 radical (unpaired) electrons. The fraction of sp³-hybridized carbons (Fsp3) is 0.100. The van der Waals surface area contributed by atoms with E-state index in [0.717, 1.165) is 11.1 Å². The van der Waals surface area contributed by atoms with Gasteiger partial charge in [-0.25, -0.2) is 4.79 Å². The standard InChI is InChI=1S/C20H15Cl2NO4/c21-17-9-14(27-11-20(25)26)10-18(22)16(17)8-12-1-2-19(24)15(7-12)13-3-5-23-6-4-13/h1-7,9-10,24H,8,11H2,(H,25,26). The second-order valence-corrected chi connectivity index (χ2v) is 6.63. The number of carboxylic acids is 1. The number of phenols is 1. The topological polar surface area (TPSA) is 79.7 Å². The Morgan fingerprint density at radius 3 is 2.33 bits per heavy atom. The van der Waals surface area contributed by atoms with Gasteiger partial charge in [-0.05, 0) is 53.1 Å². The first-order chi connectivity index (χ1) is 12.9. The van der Waals surface area contributed by atoms with Gasteiger partial charge in [0.2, 0.25) is 0 Å². The second-order valence-electron chi connectivity index (χ2n) is 5.81. The van der Waals surface area contributed by atoms with Crippen molar-refractivity contribution in [2.45, 2.75) is 6.42 Å². The number of aliphatic carboxylic acids is 1. The molecule has 0 saturated carbocycles. The van der Waals surface area contributed by atoms with Crippen molar-refractivity contribution in [2.75, 3.05) is 6.61 Å². The Hall–Kier alpha value is -2.76. The van der Waals surface area contributed by atoms with Crippen LogP contribution in [-0.4, -0.2) is 27.8 Å². The summed E-state index contributed by atoms with van der Waals surface area (Å²) in [6.07, 6.45) is 3.76. The van der Waals surface area contributed by atoms with Crippen LogP contribution in [0.1, 0.15) is 11.1 Å². The third-order valence-corrected chi connectivity index (χ3v) is 4.58. The van der Waals surface area contributed by atoms with Gasteiger partial charge in [0.05, 0.1) is 0 Å². The third-order valence-electron chi connectivity index (χ3n) is 3.91. The summed E-state index contributed by atoms with van der Waals surface area (Å²) < 4.78 is 5.12. The SMILES string of the molecule is O=C(O)COc1cc(Cl)c(Cc2ccc(O)c(-c3ccncc3)c2)c(Cl)c1.